The van der Waals surface area contributed by atoms with Gasteiger partial charge in [-0.2, -0.15) is 4.98 Å². The first-order valence-electron chi connectivity index (χ1n) is 9.08. The van der Waals surface area contributed by atoms with Crippen LogP contribution in [0.2, 0.25) is 0 Å². The molecule has 28 heavy (non-hydrogen) atoms. The third-order valence-corrected chi connectivity index (χ3v) is 4.55. The average Bonchev–Trinajstić information content (AvgIpc) is 3.05. The second kappa shape index (κ2) is 7.89. The lowest BCUT2D eigenvalue weighted by molar-refractivity contribution is 0.0937. The average molecular weight is 387 g/mol. The molecule has 2 N–H and O–H groups in total. The molecule has 3 aromatic rings. The summed E-state index contributed by atoms with van der Waals surface area (Å²) in [6, 6.07) is 7.69. The summed E-state index contributed by atoms with van der Waals surface area (Å²) in [6.45, 7) is 2.23. The number of H-pyrrole nitrogens is 1. The van der Waals surface area contributed by atoms with E-state index < -0.39 is 17.4 Å². The predicted molar refractivity (Wildman–Crippen MR) is 107 cm³/mol. The molecule has 1 atom stereocenters. The lowest BCUT2D eigenvalue weighted by Crippen LogP contribution is -2.31. The van der Waals surface area contributed by atoms with Gasteiger partial charge in [-0.3, -0.25) is 14.3 Å². The Morgan fingerprint density at radius 2 is 1.93 bits per heavy atom. The van der Waals surface area contributed by atoms with Crippen molar-refractivity contribution in [1.29, 1.82) is 0 Å². The normalized spacial score (nSPS) is 12.3. The topological polar surface area (TPSA) is 105 Å². The molecule has 3 rings (SSSR count). The number of aliphatic hydroxyl groups is 1. The molecule has 0 aliphatic carbocycles. The van der Waals surface area contributed by atoms with E-state index in [2.05, 4.69) is 16.9 Å². The van der Waals surface area contributed by atoms with Crippen molar-refractivity contribution < 1.29 is 9.84 Å². The Morgan fingerprint density at radius 3 is 2.54 bits per heavy atom. The predicted octanol–water partition coefficient (Wildman–Crippen LogP) is 0.492. The molecule has 9 nitrogen and oxygen atoms in total. The molecule has 0 spiro atoms. The van der Waals surface area contributed by atoms with E-state index in [1.165, 1.54) is 17.2 Å². The van der Waals surface area contributed by atoms with Crippen LogP contribution in [0.3, 0.4) is 0 Å². The number of aromatic nitrogens is 4. The van der Waals surface area contributed by atoms with Crippen LogP contribution in [-0.4, -0.2) is 51.0 Å². The van der Waals surface area contributed by atoms with Crippen LogP contribution in [0.1, 0.15) is 12.5 Å². The highest BCUT2D eigenvalue weighted by molar-refractivity contribution is 5.74. The zero-order valence-corrected chi connectivity index (χ0v) is 16.5. The summed E-state index contributed by atoms with van der Waals surface area (Å²) in [5.74, 6) is 1.13. The van der Waals surface area contributed by atoms with Crippen LogP contribution in [0.5, 0.6) is 5.75 Å². The number of benzene rings is 1. The number of aryl methyl sites for hydroxylation is 2. The van der Waals surface area contributed by atoms with Gasteiger partial charge in [-0.25, -0.2) is 4.79 Å². The van der Waals surface area contributed by atoms with Gasteiger partial charge in [0.1, 0.15) is 18.5 Å². The molecule has 2 aromatic heterocycles. The Bertz CT molecular complexity index is 1080. The Labute approximate surface area is 161 Å². The van der Waals surface area contributed by atoms with Crippen LogP contribution in [0, 0.1) is 0 Å². The van der Waals surface area contributed by atoms with Crippen molar-refractivity contribution in [1.82, 2.24) is 19.1 Å². The van der Waals surface area contributed by atoms with Gasteiger partial charge in [0.2, 0.25) is 5.95 Å². The maximum absolute atomic E-state index is 12.4. The minimum atomic E-state index is -0.876. The van der Waals surface area contributed by atoms with Gasteiger partial charge in [-0.05, 0) is 24.1 Å². The van der Waals surface area contributed by atoms with E-state index >= 15 is 0 Å². The van der Waals surface area contributed by atoms with E-state index in [1.54, 1.807) is 23.6 Å². The van der Waals surface area contributed by atoms with Gasteiger partial charge in [0, 0.05) is 21.1 Å². The van der Waals surface area contributed by atoms with Crippen molar-refractivity contribution in [3.8, 4) is 5.75 Å². The number of aromatic amines is 1. The first-order chi connectivity index (χ1) is 13.3. The minimum Gasteiger partial charge on any atom is -0.491 e. The van der Waals surface area contributed by atoms with Gasteiger partial charge >= 0.3 is 5.69 Å². The van der Waals surface area contributed by atoms with Gasteiger partial charge in [-0.1, -0.05) is 19.1 Å². The van der Waals surface area contributed by atoms with Crippen LogP contribution in [0.15, 0.2) is 33.9 Å². The van der Waals surface area contributed by atoms with Crippen molar-refractivity contribution >= 4 is 17.1 Å². The number of aliphatic hydroxyl groups excluding tert-OH is 1. The molecule has 0 saturated carbocycles. The summed E-state index contributed by atoms with van der Waals surface area (Å²) in [5.41, 5.74) is 0.630. The van der Waals surface area contributed by atoms with E-state index in [4.69, 9.17) is 4.74 Å². The Kier molecular flexibility index (Phi) is 5.55. The summed E-state index contributed by atoms with van der Waals surface area (Å²) in [4.78, 5) is 32.6. The molecule has 0 saturated heterocycles. The van der Waals surface area contributed by atoms with Crippen LogP contribution in [0.4, 0.5) is 5.95 Å². The highest BCUT2D eigenvalue weighted by Gasteiger charge is 2.20. The van der Waals surface area contributed by atoms with Crippen molar-refractivity contribution in [2.45, 2.75) is 26.0 Å². The number of nitrogens with one attached hydrogen (secondary N) is 1. The maximum atomic E-state index is 12.4. The zero-order chi connectivity index (χ0) is 20.4. The number of imidazole rings is 1. The highest BCUT2D eigenvalue weighted by Crippen LogP contribution is 2.19. The molecule has 9 heteroatoms. The van der Waals surface area contributed by atoms with Gasteiger partial charge in [0.05, 0.1) is 6.54 Å². The number of fused-ring (bicyclic) bond motifs is 1. The Hall–Kier alpha value is -3.07. The van der Waals surface area contributed by atoms with Crippen LogP contribution in [-0.2, 0) is 20.0 Å². The molecule has 0 aliphatic heterocycles. The van der Waals surface area contributed by atoms with Crippen LogP contribution in [0.25, 0.3) is 11.2 Å². The quantitative estimate of drug-likeness (QED) is 0.611. The highest BCUT2D eigenvalue weighted by atomic mass is 16.5. The molecular formula is C19H25N5O4. The SMILES string of the molecule is CCc1ccc(OC[C@@H](O)Cn2c(N(C)C)nc3c2c(=O)[nH]c(=O)n3C)cc1. The van der Waals surface area contributed by atoms with Crippen molar-refractivity contribution in [2.75, 3.05) is 25.6 Å². The second-order valence-electron chi connectivity index (χ2n) is 6.87. The van der Waals surface area contributed by atoms with Crippen LogP contribution < -0.4 is 20.9 Å². The largest absolute Gasteiger partial charge is 0.491 e. The van der Waals surface area contributed by atoms with E-state index in [9.17, 15) is 14.7 Å². The Balaban J connectivity index is 1.86. The third-order valence-electron chi connectivity index (χ3n) is 4.55. The van der Waals surface area contributed by atoms with Gasteiger partial charge in [0.15, 0.2) is 11.2 Å². The van der Waals surface area contributed by atoms with Crippen LogP contribution >= 0.6 is 0 Å². The maximum Gasteiger partial charge on any atom is 0.329 e. The second-order valence-corrected chi connectivity index (χ2v) is 6.87. The molecule has 2 heterocycles. The van der Waals surface area contributed by atoms with E-state index in [-0.39, 0.29) is 24.3 Å². The number of ether oxygens (including phenoxy) is 1. The fourth-order valence-electron chi connectivity index (χ4n) is 3.01. The van der Waals surface area contributed by atoms with E-state index in [0.29, 0.717) is 11.7 Å². The number of hydrogen-bond acceptors (Lipinski definition) is 6. The number of hydrogen-bond donors (Lipinski definition) is 2. The first kappa shape index (κ1) is 19.7. The molecule has 0 radical (unpaired) electrons. The number of anilines is 1. The van der Waals surface area contributed by atoms with Gasteiger partial charge in [0.25, 0.3) is 5.56 Å². The van der Waals surface area contributed by atoms with Crippen molar-refractivity contribution in [2.24, 2.45) is 7.05 Å². The van der Waals surface area contributed by atoms with Crippen molar-refractivity contribution in [3.05, 3.63) is 50.7 Å². The zero-order valence-electron chi connectivity index (χ0n) is 16.5. The van der Waals surface area contributed by atoms with Gasteiger partial charge in [-0.15, -0.1) is 0 Å². The molecule has 0 aliphatic rings. The molecule has 0 unspecified atom stereocenters. The molecular weight excluding hydrogens is 362 g/mol. The lowest BCUT2D eigenvalue weighted by atomic mass is 10.2. The number of rotatable bonds is 7. The monoisotopic (exact) mass is 387 g/mol. The fraction of sp³-hybridized carbons (Fsp3) is 0.421. The Morgan fingerprint density at radius 1 is 1.25 bits per heavy atom. The summed E-state index contributed by atoms with van der Waals surface area (Å²) in [7, 11) is 5.10. The van der Waals surface area contributed by atoms with Gasteiger partial charge < -0.3 is 19.3 Å². The minimum absolute atomic E-state index is 0.0572. The van der Waals surface area contributed by atoms with E-state index in [1.807, 2.05) is 24.3 Å². The first-order valence-corrected chi connectivity index (χ1v) is 9.08. The molecule has 0 fully saturated rings. The van der Waals surface area contributed by atoms with Crippen molar-refractivity contribution in [3.63, 3.8) is 0 Å². The molecule has 0 amide bonds. The molecule has 0 bridgehead atoms. The molecule has 1 aromatic carbocycles. The lowest BCUT2D eigenvalue weighted by Gasteiger charge is -2.18. The standard InChI is InChI=1S/C19H25N5O4/c1-5-12-6-8-14(9-7-12)28-11-13(25)10-24-15-16(20-18(24)22(2)3)23(4)19(27)21-17(15)26/h6-9,13,25H,5,10-11H2,1-4H3,(H,21,26,27)/t13-/m0/s1. The third kappa shape index (κ3) is 3.79. The van der Waals surface area contributed by atoms with E-state index in [0.717, 1.165) is 6.42 Å². The summed E-state index contributed by atoms with van der Waals surface area (Å²) in [5, 5.41) is 10.5. The smallest absolute Gasteiger partial charge is 0.329 e. The summed E-state index contributed by atoms with van der Waals surface area (Å²) < 4.78 is 8.54. The summed E-state index contributed by atoms with van der Waals surface area (Å²) in [6.07, 6.45) is 0.0691. The molecule has 150 valence electrons. The fourth-order valence-corrected chi connectivity index (χ4v) is 3.01. The number of nitrogens with zero attached hydrogens (tertiary/aromatic N) is 4. The summed E-state index contributed by atoms with van der Waals surface area (Å²) >= 11 is 0.